The number of rotatable bonds is 2. The molecule has 0 saturated carbocycles. The van der Waals surface area contributed by atoms with Crippen LogP contribution in [0.4, 0.5) is 11.4 Å². The second kappa shape index (κ2) is 4.89. The van der Waals surface area contributed by atoms with Gasteiger partial charge in [0.1, 0.15) is 17.1 Å². The third-order valence-electron chi connectivity index (χ3n) is 2.76. The molecule has 0 fully saturated rings. The van der Waals surface area contributed by atoms with Gasteiger partial charge in [0.2, 0.25) is 0 Å². The van der Waals surface area contributed by atoms with E-state index in [2.05, 4.69) is 5.32 Å². The average molecular weight is 258 g/mol. The quantitative estimate of drug-likeness (QED) is 0.621. The van der Waals surface area contributed by atoms with Crippen molar-refractivity contribution in [2.75, 3.05) is 11.1 Å². The van der Waals surface area contributed by atoms with Crippen LogP contribution in [0.5, 0.6) is 11.5 Å². The van der Waals surface area contributed by atoms with Crippen molar-refractivity contribution in [1.82, 2.24) is 0 Å². The molecule has 2 aromatic carbocycles. The zero-order valence-corrected chi connectivity index (χ0v) is 10.3. The molecule has 2 aromatic rings. The molecular weight excluding hydrogens is 244 g/mol. The van der Waals surface area contributed by atoms with Gasteiger partial charge in [0, 0.05) is 11.4 Å². The van der Waals surface area contributed by atoms with Gasteiger partial charge in [-0.1, -0.05) is 12.1 Å². The zero-order valence-electron chi connectivity index (χ0n) is 10.3. The molecule has 0 atom stereocenters. The van der Waals surface area contributed by atoms with E-state index < -0.39 is 5.91 Å². The smallest absolute Gasteiger partial charge is 0.263 e. The van der Waals surface area contributed by atoms with Gasteiger partial charge in [-0.05, 0) is 36.8 Å². The molecule has 2 rings (SSSR count). The molecule has 0 saturated heterocycles. The molecule has 1 amide bonds. The summed E-state index contributed by atoms with van der Waals surface area (Å²) in [7, 11) is 0. The molecule has 0 aliphatic heterocycles. The first-order chi connectivity index (χ1) is 8.99. The highest BCUT2D eigenvalue weighted by Gasteiger charge is 2.16. The summed E-state index contributed by atoms with van der Waals surface area (Å²) >= 11 is 0. The fraction of sp³-hybridized carbons (Fsp3) is 0.0714. The van der Waals surface area contributed by atoms with E-state index in [0.29, 0.717) is 11.4 Å². The van der Waals surface area contributed by atoms with Crippen LogP contribution < -0.4 is 11.1 Å². The first-order valence-electron chi connectivity index (χ1n) is 5.67. The van der Waals surface area contributed by atoms with Crippen molar-refractivity contribution in [3.8, 4) is 11.5 Å². The van der Waals surface area contributed by atoms with Gasteiger partial charge in [-0.15, -0.1) is 0 Å². The second-order valence-corrected chi connectivity index (χ2v) is 4.20. The molecule has 98 valence electrons. The Hall–Kier alpha value is -2.69. The van der Waals surface area contributed by atoms with E-state index in [1.807, 2.05) is 6.92 Å². The van der Waals surface area contributed by atoms with Crippen molar-refractivity contribution in [1.29, 1.82) is 0 Å². The Morgan fingerprint density at radius 3 is 2.42 bits per heavy atom. The summed E-state index contributed by atoms with van der Waals surface area (Å²) in [4.78, 5) is 12.0. The van der Waals surface area contributed by atoms with Crippen molar-refractivity contribution in [2.45, 2.75) is 6.92 Å². The highest BCUT2D eigenvalue weighted by Crippen LogP contribution is 2.28. The molecule has 5 nitrogen and oxygen atoms in total. The van der Waals surface area contributed by atoms with E-state index in [1.54, 1.807) is 18.2 Å². The van der Waals surface area contributed by atoms with Crippen LogP contribution in [0.1, 0.15) is 15.9 Å². The van der Waals surface area contributed by atoms with Gasteiger partial charge in [-0.2, -0.15) is 0 Å². The average Bonchev–Trinajstić information content (AvgIpc) is 2.33. The highest BCUT2D eigenvalue weighted by molar-refractivity contribution is 6.08. The summed E-state index contributed by atoms with van der Waals surface area (Å²) in [6.07, 6.45) is 0. The van der Waals surface area contributed by atoms with Crippen molar-refractivity contribution in [3.05, 3.63) is 47.5 Å². The van der Waals surface area contributed by atoms with E-state index in [1.165, 1.54) is 18.2 Å². The van der Waals surface area contributed by atoms with Crippen LogP contribution in [0, 0.1) is 6.92 Å². The lowest BCUT2D eigenvalue weighted by Crippen LogP contribution is -2.13. The summed E-state index contributed by atoms with van der Waals surface area (Å²) in [5.74, 6) is -1.15. The fourth-order valence-corrected chi connectivity index (χ4v) is 1.72. The molecular formula is C14H14N2O3. The summed E-state index contributed by atoms with van der Waals surface area (Å²) in [6.45, 7) is 1.82. The van der Waals surface area contributed by atoms with Crippen LogP contribution in [-0.4, -0.2) is 16.1 Å². The number of aryl methyl sites for hydroxylation is 1. The van der Waals surface area contributed by atoms with Crippen LogP contribution in [0.2, 0.25) is 0 Å². The number of phenolic OH excluding ortho intramolecular Hbond substituents is 2. The number of nitrogens with two attached hydrogens (primary N) is 1. The Kier molecular flexibility index (Phi) is 3.29. The van der Waals surface area contributed by atoms with Gasteiger partial charge in [0.15, 0.2) is 0 Å². The Bertz CT molecular complexity index is 618. The zero-order chi connectivity index (χ0) is 14.0. The molecule has 0 heterocycles. The maximum absolute atomic E-state index is 12.0. The third-order valence-corrected chi connectivity index (χ3v) is 2.76. The van der Waals surface area contributed by atoms with E-state index in [9.17, 15) is 15.0 Å². The predicted octanol–water partition coefficient (Wildman–Crippen LogP) is 2.24. The number of aromatic hydroxyl groups is 2. The lowest BCUT2D eigenvalue weighted by atomic mass is 10.1. The SMILES string of the molecule is Cc1ccc(N)cc1NC(=O)c1c(O)cccc1O. The molecule has 5 heteroatoms. The Morgan fingerprint density at radius 2 is 1.79 bits per heavy atom. The molecule has 0 bridgehead atoms. The predicted molar refractivity (Wildman–Crippen MR) is 73.3 cm³/mol. The van der Waals surface area contributed by atoms with Crippen molar-refractivity contribution in [3.63, 3.8) is 0 Å². The summed E-state index contributed by atoms with van der Waals surface area (Å²) in [5, 5.41) is 21.8. The first-order valence-corrected chi connectivity index (χ1v) is 5.67. The van der Waals surface area contributed by atoms with E-state index in [4.69, 9.17) is 5.73 Å². The van der Waals surface area contributed by atoms with Crippen molar-refractivity contribution in [2.24, 2.45) is 0 Å². The monoisotopic (exact) mass is 258 g/mol. The molecule has 0 unspecified atom stereocenters. The number of nitrogen functional groups attached to an aromatic ring is 1. The second-order valence-electron chi connectivity index (χ2n) is 4.20. The van der Waals surface area contributed by atoms with Gasteiger partial charge in [-0.25, -0.2) is 0 Å². The molecule has 19 heavy (non-hydrogen) atoms. The van der Waals surface area contributed by atoms with Crippen LogP contribution in [-0.2, 0) is 0 Å². The first kappa shape index (κ1) is 12.8. The Morgan fingerprint density at radius 1 is 1.16 bits per heavy atom. The van der Waals surface area contributed by atoms with Gasteiger partial charge < -0.3 is 21.3 Å². The standard InChI is InChI=1S/C14H14N2O3/c1-8-5-6-9(15)7-10(8)16-14(19)13-11(17)3-2-4-12(13)18/h2-7,17-18H,15H2,1H3,(H,16,19). The largest absolute Gasteiger partial charge is 0.507 e. The lowest BCUT2D eigenvalue weighted by Gasteiger charge is -2.11. The summed E-state index contributed by atoms with van der Waals surface area (Å²) in [5.41, 5.74) is 7.37. The molecule has 0 aliphatic rings. The Labute approximate surface area is 110 Å². The van der Waals surface area contributed by atoms with E-state index in [0.717, 1.165) is 5.56 Å². The normalized spacial score (nSPS) is 10.2. The maximum atomic E-state index is 12.0. The lowest BCUT2D eigenvalue weighted by molar-refractivity contribution is 0.102. The van der Waals surface area contributed by atoms with Gasteiger partial charge in [0.05, 0.1) is 0 Å². The van der Waals surface area contributed by atoms with Crippen molar-refractivity contribution < 1.29 is 15.0 Å². The summed E-state index contributed by atoms with van der Waals surface area (Å²) < 4.78 is 0. The maximum Gasteiger partial charge on any atom is 0.263 e. The van der Waals surface area contributed by atoms with Gasteiger partial charge in [0.25, 0.3) is 5.91 Å². The number of nitrogens with one attached hydrogen (secondary N) is 1. The third kappa shape index (κ3) is 2.60. The minimum Gasteiger partial charge on any atom is -0.507 e. The molecule has 0 aromatic heterocycles. The molecule has 0 aliphatic carbocycles. The molecule has 0 spiro atoms. The minimum atomic E-state index is -0.593. The number of hydrogen-bond donors (Lipinski definition) is 4. The number of hydrogen-bond acceptors (Lipinski definition) is 4. The highest BCUT2D eigenvalue weighted by atomic mass is 16.3. The fourth-order valence-electron chi connectivity index (χ4n) is 1.72. The molecule has 0 radical (unpaired) electrons. The van der Waals surface area contributed by atoms with E-state index >= 15 is 0 Å². The van der Waals surface area contributed by atoms with Crippen LogP contribution >= 0.6 is 0 Å². The van der Waals surface area contributed by atoms with Crippen LogP contribution in [0.25, 0.3) is 0 Å². The number of anilines is 2. The number of amides is 1. The minimum absolute atomic E-state index is 0.163. The molecule has 5 N–H and O–H groups in total. The van der Waals surface area contributed by atoms with Crippen molar-refractivity contribution >= 4 is 17.3 Å². The van der Waals surface area contributed by atoms with E-state index in [-0.39, 0.29) is 17.1 Å². The number of carbonyl (C=O) groups excluding carboxylic acids is 1. The van der Waals surface area contributed by atoms with Gasteiger partial charge in [-0.3, -0.25) is 4.79 Å². The summed E-state index contributed by atoms with van der Waals surface area (Å²) in [6, 6.07) is 9.23. The number of phenols is 2. The Balaban J connectivity index is 2.34. The number of benzene rings is 2. The number of carbonyl (C=O) groups is 1. The van der Waals surface area contributed by atoms with Gasteiger partial charge >= 0.3 is 0 Å². The van der Waals surface area contributed by atoms with Crippen LogP contribution in [0.15, 0.2) is 36.4 Å². The van der Waals surface area contributed by atoms with Crippen LogP contribution in [0.3, 0.4) is 0 Å². The topological polar surface area (TPSA) is 95.6 Å².